The van der Waals surface area contributed by atoms with Gasteiger partial charge >= 0.3 is 11.9 Å². The number of hydrogen-bond acceptors (Lipinski definition) is 4. The average Bonchev–Trinajstić information content (AvgIpc) is 2.46. The predicted octanol–water partition coefficient (Wildman–Crippen LogP) is 0.732. The van der Waals surface area contributed by atoms with Crippen LogP contribution in [0.3, 0.4) is 0 Å². The van der Waals surface area contributed by atoms with Gasteiger partial charge in [0.15, 0.2) is 0 Å². The summed E-state index contributed by atoms with van der Waals surface area (Å²) < 4.78 is 0. The molecule has 2 rings (SSSR count). The number of rotatable bonds is 6. The highest BCUT2D eigenvalue weighted by atomic mass is 16.4. The Morgan fingerprint density at radius 3 is 2.19 bits per heavy atom. The van der Waals surface area contributed by atoms with Crippen molar-refractivity contribution in [2.75, 3.05) is 26.2 Å². The topological polar surface area (TPSA) is 81.1 Å². The molecule has 1 heterocycles. The van der Waals surface area contributed by atoms with Gasteiger partial charge < -0.3 is 10.2 Å². The minimum Gasteiger partial charge on any atom is -0.481 e. The molecule has 114 valence electrons. The van der Waals surface area contributed by atoms with Crippen molar-refractivity contribution in [3.8, 4) is 0 Å². The Bertz CT molecular complexity index is 484. The lowest BCUT2D eigenvalue weighted by molar-refractivity contribution is -0.150. The molecule has 1 saturated heterocycles. The van der Waals surface area contributed by atoms with Gasteiger partial charge in [0.2, 0.25) is 0 Å². The molecule has 0 amide bonds. The third kappa shape index (κ3) is 4.54. The lowest BCUT2D eigenvalue weighted by atomic mass is 10.1. The maximum absolute atomic E-state index is 11.2. The standard InChI is InChI=1S/C15H20N2O4/c18-14(19)10-13(15(20)21)17-8-6-16(7-9-17)11-12-4-2-1-3-5-12/h1-5,13H,6-11H2,(H,18,19)(H,20,21). The van der Waals surface area contributed by atoms with Crippen LogP contribution < -0.4 is 0 Å². The number of piperazine rings is 1. The molecule has 1 unspecified atom stereocenters. The summed E-state index contributed by atoms with van der Waals surface area (Å²) in [4.78, 5) is 26.0. The average molecular weight is 292 g/mol. The Kier molecular flexibility index (Phi) is 5.30. The van der Waals surface area contributed by atoms with Crippen molar-refractivity contribution in [3.63, 3.8) is 0 Å². The number of hydrogen-bond donors (Lipinski definition) is 2. The fourth-order valence-corrected chi connectivity index (χ4v) is 2.61. The molecule has 6 nitrogen and oxygen atoms in total. The molecule has 0 aliphatic carbocycles. The maximum Gasteiger partial charge on any atom is 0.321 e. The van der Waals surface area contributed by atoms with Crippen molar-refractivity contribution in [1.29, 1.82) is 0 Å². The van der Waals surface area contributed by atoms with E-state index in [1.807, 2.05) is 18.2 Å². The van der Waals surface area contributed by atoms with E-state index >= 15 is 0 Å². The van der Waals surface area contributed by atoms with Crippen LogP contribution in [0.25, 0.3) is 0 Å². The summed E-state index contributed by atoms with van der Waals surface area (Å²) in [5.41, 5.74) is 1.23. The maximum atomic E-state index is 11.2. The molecule has 1 aliphatic heterocycles. The normalized spacial score (nSPS) is 18.3. The van der Waals surface area contributed by atoms with Gasteiger partial charge in [-0.2, -0.15) is 0 Å². The van der Waals surface area contributed by atoms with Crippen molar-refractivity contribution in [2.45, 2.75) is 19.0 Å². The van der Waals surface area contributed by atoms with Crippen LogP contribution in [0.15, 0.2) is 30.3 Å². The molecule has 2 N–H and O–H groups in total. The first-order chi connectivity index (χ1) is 10.1. The monoisotopic (exact) mass is 292 g/mol. The zero-order valence-electron chi connectivity index (χ0n) is 11.8. The molecular formula is C15H20N2O4. The number of carboxylic acid groups (broad SMARTS) is 2. The summed E-state index contributed by atoms with van der Waals surface area (Å²) in [7, 11) is 0. The van der Waals surface area contributed by atoms with Gasteiger partial charge in [0, 0.05) is 32.7 Å². The van der Waals surface area contributed by atoms with Crippen molar-refractivity contribution >= 4 is 11.9 Å². The molecule has 1 fully saturated rings. The van der Waals surface area contributed by atoms with Gasteiger partial charge in [-0.15, -0.1) is 0 Å². The van der Waals surface area contributed by atoms with Crippen LogP contribution in [-0.4, -0.2) is 64.2 Å². The summed E-state index contributed by atoms with van der Waals surface area (Å²) >= 11 is 0. The summed E-state index contributed by atoms with van der Waals surface area (Å²) in [5.74, 6) is -2.14. The molecule has 0 saturated carbocycles. The Morgan fingerprint density at radius 2 is 1.67 bits per heavy atom. The lowest BCUT2D eigenvalue weighted by Gasteiger charge is -2.37. The Morgan fingerprint density at radius 1 is 1.05 bits per heavy atom. The first-order valence-corrected chi connectivity index (χ1v) is 7.01. The van der Waals surface area contributed by atoms with Gasteiger partial charge in [-0.25, -0.2) is 0 Å². The molecule has 1 aromatic rings. The zero-order chi connectivity index (χ0) is 15.2. The third-order valence-electron chi connectivity index (χ3n) is 3.75. The van der Waals surface area contributed by atoms with Crippen LogP contribution in [0, 0.1) is 0 Å². The molecule has 21 heavy (non-hydrogen) atoms. The molecule has 0 aromatic heterocycles. The predicted molar refractivity (Wildman–Crippen MR) is 77.0 cm³/mol. The second-order valence-electron chi connectivity index (χ2n) is 5.25. The van der Waals surface area contributed by atoms with Crippen LogP contribution in [0.4, 0.5) is 0 Å². The summed E-state index contributed by atoms with van der Waals surface area (Å²) in [6.07, 6.45) is -0.353. The van der Waals surface area contributed by atoms with E-state index in [9.17, 15) is 9.59 Å². The second kappa shape index (κ2) is 7.19. The molecule has 0 bridgehead atoms. The van der Waals surface area contributed by atoms with Gasteiger partial charge in [-0.3, -0.25) is 19.4 Å². The summed E-state index contributed by atoms with van der Waals surface area (Å²) in [6.45, 7) is 3.50. The van der Waals surface area contributed by atoms with Gasteiger partial charge in [-0.05, 0) is 5.56 Å². The van der Waals surface area contributed by atoms with E-state index in [0.717, 1.165) is 19.6 Å². The molecule has 0 radical (unpaired) electrons. The largest absolute Gasteiger partial charge is 0.481 e. The van der Waals surface area contributed by atoms with E-state index in [-0.39, 0.29) is 6.42 Å². The van der Waals surface area contributed by atoms with E-state index in [1.54, 1.807) is 4.90 Å². The van der Waals surface area contributed by atoms with Crippen LogP contribution in [0.2, 0.25) is 0 Å². The number of benzene rings is 1. The number of carboxylic acids is 2. The van der Waals surface area contributed by atoms with Gasteiger partial charge in [0.1, 0.15) is 6.04 Å². The summed E-state index contributed by atoms with van der Waals surface area (Å²) in [5, 5.41) is 18.0. The van der Waals surface area contributed by atoms with Gasteiger partial charge in [0.05, 0.1) is 6.42 Å². The lowest BCUT2D eigenvalue weighted by Crippen LogP contribution is -2.52. The molecule has 1 aromatic carbocycles. The minimum absolute atomic E-state index is 0.353. The van der Waals surface area contributed by atoms with Crippen LogP contribution in [0.5, 0.6) is 0 Å². The van der Waals surface area contributed by atoms with E-state index in [1.165, 1.54) is 5.56 Å². The van der Waals surface area contributed by atoms with E-state index in [0.29, 0.717) is 13.1 Å². The molecule has 6 heteroatoms. The highest BCUT2D eigenvalue weighted by Gasteiger charge is 2.30. The van der Waals surface area contributed by atoms with Gasteiger partial charge in [-0.1, -0.05) is 30.3 Å². The van der Waals surface area contributed by atoms with Crippen molar-refractivity contribution in [2.24, 2.45) is 0 Å². The Hall–Kier alpha value is -1.92. The first-order valence-electron chi connectivity index (χ1n) is 7.01. The van der Waals surface area contributed by atoms with Crippen LogP contribution in [-0.2, 0) is 16.1 Å². The number of aliphatic carboxylic acids is 2. The van der Waals surface area contributed by atoms with E-state index in [4.69, 9.17) is 10.2 Å². The number of nitrogens with zero attached hydrogens (tertiary/aromatic N) is 2. The highest BCUT2D eigenvalue weighted by molar-refractivity contribution is 5.80. The molecule has 1 aliphatic rings. The smallest absolute Gasteiger partial charge is 0.321 e. The SMILES string of the molecule is O=C(O)CC(C(=O)O)N1CCN(Cc2ccccc2)CC1. The first kappa shape index (κ1) is 15.5. The molecular weight excluding hydrogens is 272 g/mol. The highest BCUT2D eigenvalue weighted by Crippen LogP contribution is 2.12. The summed E-state index contributed by atoms with van der Waals surface area (Å²) in [6, 6.07) is 9.18. The van der Waals surface area contributed by atoms with E-state index < -0.39 is 18.0 Å². The van der Waals surface area contributed by atoms with Gasteiger partial charge in [0.25, 0.3) is 0 Å². The second-order valence-corrected chi connectivity index (χ2v) is 5.25. The molecule has 1 atom stereocenters. The van der Waals surface area contributed by atoms with Crippen LogP contribution >= 0.6 is 0 Å². The minimum atomic E-state index is -1.07. The molecule has 0 spiro atoms. The number of carbonyl (C=O) groups is 2. The third-order valence-corrected chi connectivity index (χ3v) is 3.75. The van der Waals surface area contributed by atoms with E-state index in [2.05, 4.69) is 17.0 Å². The quantitative estimate of drug-likeness (QED) is 0.804. The van der Waals surface area contributed by atoms with Crippen molar-refractivity contribution in [1.82, 2.24) is 9.80 Å². The van der Waals surface area contributed by atoms with Crippen molar-refractivity contribution in [3.05, 3.63) is 35.9 Å². The Labute approximate surface area is 123 Å². The Balaban J connectivity index is 1.87. The zero-order valence-corrected chi connectivity index (χ0v) is 11.8. The van der Waals surface area contributed by atoms with Crippen molar-refractivity contribution < 1.29 is 19.8 Å². The van der Waals surface area contributed by atoms with Crippen LogP contribution in [0.1, 0.15) is 12.0 Å². The fourth-order valence-electron chi connectivity index (χ4n) is 2.61. The fraction of sp³-hybridized carbons (Fsp3) is 0.467.